The summed E-state index contributed by atoms with van der Waals surface area (Å²) in [7, 11) is 0. The molecule has 0 aliphatic carbocycles. The zero-order chi connectivity index (χ0) is 29.1. The van der Waals surface area contributed by atoms with E-state index in [1.807, 2.05) is 13.8 Å². The van der Waals surface area contributed by atoms with Crippen LogP contribution < -0.4 is 16.0 Å². The maximum atomic E-state index is 13.5. The van der Waals surface area contributed by atoms with Gasteiger partial charge in [0.2, 0.25) is 23.6 Å². The van der Waals surface area contributed by atoms with Crippen LogP contribution in [0.2, 0.25) is 0 Å². The number of carboxylic acid groups (broad SMARTS) is 2. The first-order valence-electron chi connectivity index (χ1n) is 13.1. The summed E-state index contributed by atoms with van der Waals surface area (Å²) in [5, 5.41) is 26.0. The largest absolute Gasteiger partial charge is 0.481 e. The van der Waals surface area contributed by atoms with Crippen LogP contribution in [0.15, 0.2) is 30.3 Å². The Labute approximate surface area is 227 Å². The number of carbonyl (C=O) groups excluding carboxylic acids is 4. The standard InChI is InChI=1S/C27H38N4O8/c1-16(2)14-19(29-24(35)17(3)28-22(32)11-12-23(33)34)26(37)31-13-7-10-21(31)25(36)30-20(27(38)39)15-18-8-5-4-6-9-18/h4-6,8-9,16-17,19-21H,7,10-15H2,1-3H3,(H,28,32)(H,29,35)(H,30,36)(H,33,34)(H,38,39). The van der Waals surface area contributed by atoms with Crippen LogP contribution >= 0.6 is 0 Å². The molecule has 1 saturated heterocycles. The molecular weight excluding hydrogens is 508 g/mol. The lowest BCUT2D eigenvalue weighted by atomic mass is 10.0. The van der Waals surface area contributed by atoms with Crippen molar-refractivity contribution >= 4 is 35.6 Å². The van der Waals surface area contributed by atoms with Crippen LogP contribution in [-0.2, 0) is 35.2 Å². The van der Waals surface area contributed by atoms with Gasteiger partial charge in [-0.15, -0.1) is 0 Å². The third-order valence-corrected chi connectivity index (χ3v) is 6.39. The summed E-state index contributed by atoms with van der Waals surface area (Å²) in [6, 6.07) is 4.86. The lowest BCUT2D eigenvalue weighted by Gasteiger charge is -2.30. The van der Waals surface area contributed by atoms with Gasteiger partial charge in [0.05, 0.1) is 6.42 Å². The van der Waals surface area contributed by atoms with E-state index in [-0.39, 0.29) is 38.1 Å². The van der Waals surface area contributed by atoms with Gasteiger partial charge in [-0.3, -0.25) is 24.0 Å². The summed E-state index contributed by atoms with van der Waals surface area (Å²) in [5.74, 6) is -4.57. The number of carboxylic acids is 2. The molecule has 0 saturated carbocycles. The first kappa shape index (κ1) is 31.3. The van der Waals surface area contributed by atoms with Crippen LogP contribution in [-0.4, -0.2) is 81.4 Å². The second-order valence-corrected chi connectivity index (χ2v) is 10.2. The molecule has 0 aromatic heterocycles. The van der Waals surface area contributed by atoms with Crippen LogP contribution in [0.3, 0.4) is 0 Å². The van der Waals surface area contributed by atoms with E-state index in [4.69, 9.17) is 5.11 Å². The van der Waals surface area contributed by atoms with Gasteiger partial charge in [0, 0.05) is 19.4 Å². The minimum atomic E-state index is -1.19. The van der Waals surface area contributed by atoms with Crippen LogP contribution in [0.1, 0.15) is 58.4 Å². The van der Waals surface area contributed by atoms with Crippen molar-refractivity contribution in [3.05, 3.63) is 35.9 Å². The SMILES string of the molecule is CC(C)CC(NC(=O)C(C)NC(=O)CCC(=O)O)C(=O)N1CCCC1C(=O)NC(Cc1ccccc1)C(=O)O. The zero-order valence-corrected chi connectivity index (χ0v) is 22.5. The molecule has 1 aromatic carbocycles. The number of nitrogens with zero attached hydrogens (tertiary/aromatic N) is 1. The smallest absolute Gasteiger partial charge is 0.326 e. The molecule has 0 radical (unpaired) electrons. The zero-order valence-electron chi connectivity index (χ0n) is 22.5. The van der Waals surface area contributed by atoms with Gasteiger partial charge >= 0.3 is 11.9 Å². The fourth-order valence-corrected chi connectivity index (χ4v) is 4.41. The Balaban J connectivity index is 2.08. The Morgan fingerprint density at radius 2 is 1.59 bits per heavy atom. The molecule has 12 nitrogen and oxygen atoms in total. The maximum absolute atomic E-state index is 13.5. The Kier molecular flexibility index (Phi) is 11.9. The summed E-state index contributed by atoms with van der Waals surface area (Å²) in [6.45, 7) is 5.45. The normalized spacial score (nSPS) is 17.1. The van der Waals surface area contributed by atoms with Crippen molar-refractivity contribution in [1.29, 1.82) is 0 Å². The van der Waals surface area contributed by atoms with E-state index in [1.54, 1.807) is 30.3 Å². The third-order valence-electron chi connectivity index (χ3n) is 6.39. The van der Waals surface area contributed by atoms with E-state index in [2.05, 4.69) is 16.0 Å². The average Bonchev–Trinajstić information content (AvgIpc) is 3.36. The van der Waals surface area contributed by atoms with Gasteiger partial charge in [-0.2, -0.15) is 0 Å². The van der Waals surface area contributed by atoms with Crippen molar-refractivity contribution < 1.29 is 39.0 Å². The van der Waals surface area contributed by atoms with Gasteiger partial charge in [0.1, 0.15) is 24.2 Å². The minimum absolute atomic E-state index is 0.0110. The topological polar surface area (TPSA) is 182 Å². The van der Waals surface area contributed by atoms with E-state index in [9.17, 15) is 33.9 Å². The highest BCUT2D eigenvalue weighted by Gasteiger charge is 2.39. The Hall–Kier alpha value is -3.96. The molecule has 1 aliphatic heterocycles. The Morgan fingerprint density at radius 3 is 2.18 bits per heavy atom. The van der Waals surface area contributed by atoms with Crippen molar-refractivity contribution in [3.8, 4) is 0 Å². The first-order valence-corrected chi connectivity index (χ1v) is 13.1. The average molecular weight is 547 g/mol. The Bertz CT molecular complexity index is 1050. The molecule has 4 atom stereocenters. The molecule has 0 spiro atoms. The van der Waals surface area contributed by atoms with E-state index >= 15 is 0 Å². The number of benzene rings is 1. The molecule has 5 N–H and O–H groups in total. The van der Waals surface area contributed by atoms with Crippen molar-refractivity contribution in [2.45, 2.75) is 83.5 Å². The summed E-state index contributed by atoms with van der Waals surface area (Å²) in [6.07, 6.45) is 0.604. The monoisotopic (exact) mass is 546 g/mol. The van der Waals surface area contributed by atoms with Crippen LogP contribution in [0, 0.1) is 5.92 Å². The summed E-state index contributed by atoms with van der Waals surface area (Å²) in [5.41, 5.74) is 0.744. The summed E-state index contributed by atoms with van der Waals surface area (Å²) >= 11 is 0. The molecule has 12 heteroatoms. The summed E-state index contributed by atoms with van der Waals surface area (Å²) in [4.78, 5) is 75.2. The fraction of sp³-hybridized carbons (Fsp3) is 0.556. The predicted molar refractivity (Wildman–Crippen MR) is 140 cm³/mol. The van der Waals surface area contributed by atoms with Crippen molar-refractivity contribution in [1.82, 2.24) is 20.9 Å². The highest BCUT2D eigenvalue weighted by molar-refractivity contribution is 5.95. The minimum Gasteiger partial charge on any atom is -0.481 e. The molecule has 4 amide bonds. The number of hydrogen-bond donors (Lipinski definition) is 5. The number of nitrogens with one attached hydrogen (secondary N) is 3. The molecule has 1 heterocycles. The van der Waals surface area contributed by atoms with Crippen LogP contribution in [0.4, 0.5) is 0 Å². The number of rotatable bonds is 14. The van der Waals surface area contributed by atoms with Crippen molar-refractivity contribution in [3.63, 3.8) is 0 Å². The van der Waals surface area contributed by atoms with E-state index in [0.717, 1.165) is 5.56 Å². The molecule has 4 unspecified atom stereocenters. The predicted octanol–water partition coefficient (Wildman–Crippen LogP) is 0.690. The lowest BCUT2D eigenvalue weighted by molar-refractivity contribution is -0.145. The molecule has 0 bridgehead atoms. The van der Waals surface area contributed by atoms with E-state index < -0.39 is 59.7 Å². The number of hydrogen-bond acceptors (Lipinski definition) is 6. The van der Waals surface area contributed by atoms with Crippen molar-refractivity contribution in [2.75, 3.05) is 6.54 Å². The molecule has 1 fully saturated rings. The molecule has 1 aromatic rings. The molecular formula is C27H38N4O8. The second-order valence-electron chi connectivity index (χ2n) is 10.2. The summed E-state index contributed by atoms with van der Waals surface area (Å²) < 4.78 is 0. The first-order chi connectivity index (χ1) is 18.4. The molecule has 214 valence electrons. The highest BCUT2D eigenvalue weighted by atomic mass is 16.4. The van der Waals surface area contributed by atoms with Gasteiger partial charge in [0.15, 0.2) is 0 Å². The number of likely N-dealkylation sites (tertiary alicyclic amines) is 1. The molecule has 39 heavy (non-hydrogen) atoms. The number of amides is 4. The Morgan fingerprint density at radius 1 is 0.923 bits per heavy atom. The van der Waals surface area contributed by atoms with Crippen molar-refractivity contribution in [2.24, 2.45) is 5.92 Å². The number of aliphatic carboxylic acids is 2. The molecule has 2 rings (SSSR count). The third kappa shape index (κ3) is 10.0. The van der Waals surface area contributed by atoms with Crippen LogP contribution in [0.25, 0.3) is 0 Å². The molecule has 1 aliphatic rings. The van der Waals surface area contributed by atoms with Gasteiger partial charge in [0.25, 0.3) is 0 Å². The van der Waals surface area contributed by atoms with Gasteiger partial charge in [-0.05, 0) is 37.7 Å². The van der Waals surface area contributed by atoms with E-state index in [0.29, 0.717) is 12.8 Å². The van der Waals surface area contributed by atoms with Crippen LogP contribution in [0.5, 0.6) is 0 Å². The quantitative estimate of drug-likeness (QED) is 0.226. The van der Waals surface area contributed by atoms with Gasteiger partial charge < -0.3 is 31.1 Å². The lowest BCUT2D eigenvalue weighted by Crippen LogP contribution is -2.57. The van der Waals surface area contributed by atoms with Gasteiger partial charge in [-0.25, -0.2) is 4.79 Å². The highest BCUT2D eigenvalue weighted by Crippen LogP contribution is 2.21. The van der Waals surface area contributed by atoms with E-state index in [1.165, 1.54) is 11.8 Å². The second kappa shape index (κ2) is 14.8. The number of carbonyl (C=O) groups is 6. The maximum Gasteiger partial charge on any atom is 0.326 e. The fourth-order valence-electron chi connectivity index (χ4n) is 4.41. The van der Waals surface area contributed by atoms with Gasteiger partial charge in [-0.1, -0.05) is 44.2 Å².